The molecule has 4 aromatic rings. The first-order chi connectivity index (χ1) is 19.9. The van der Waals surface area contributed by atoms with E-state index in [1.807, 2.05) is 0 Å². The normalized spacial score (nSPS) is 37.5. The van der Waals surface area contributed by atoms with Gasteiger partial charge in [0.2, 0.25) is 0 Å². The molecule has 3 heteroatoms. The van der Waals surface area contributed by atoms with Crippen molar-refractivity contribution in [2.45, 2.75) is 101 Å². The maximum absolute atomic E-state index is 2.88. The highest BCUT2D eigenvalue weighted by Gasteiger charge is 2.59. The minimum absolute atomic E-state index is 0.695. The topological polar surface area (TPSA) is 9.86 Å². The largest absolute Gasteiger partial charge is 0.344 e. The Kier molecular flexibility index (Phi) is 6.37. The van der Waals surface area contributed by atoms with E-state index in [1.165, 1.54) is 73.2 Å². The third kappa shape index (κ3) is 4.00. The number of fused-ring (bicyclic) bond motifs is 4. The van der Waals surface area contributed by atoms with E-state index in [0.29, 0.717) is 12.1 Å². The first-order valence-electron chi connectivity index (χ1n) is 17.0. The monoisotopic (exact) mass is 562 g/mol. The smallest absolute Gasteiger partial charge is 0.0546 e. The van der Waals surface area contributed by atoms with Gasteiger partial charge < -0.3 is 9.13 Å². The van der Waals surface area contributed by atoms with Crippen LogP contribution in [0.3, 0.4) is 0 Å². The van der Waals surface area contributed by atoms with E-state index in [9.17, 15) is 0 Å². The minimum atomic E-state index is -1.53. The molecule has 2 aromatic carbocycles. The second-order valence-electron chi connectivity index (χ2n) is 15.5. The molecule has 10 atom stereocenters. The van der Waals surface area contributed by atoms with Crippen LogP contribution in [0.5, 0.6) is 0 Å². The standard InChI is InChI=1S/C38H50N2Si/c1-25-23-31-29(13-9-17-35(31)39-21-19-27-11-5-7-15-33(27)39)37(25)41(3,4)38-26(2)24-32-30(38)14-10-18-36(32)40-22-20-28-12-6-8-16-34(28)40/h5-8,11-12,15-16,19-22,25-26,29-32,35-38H,9-10,13-14,17-18,23-24H2,1-4H3. The lowest BCUT2D eigenvalue weighted by molar-refractivity contribution is 0.181. The molecule has 0 aliphatic heterocycles. The van der Waals surface area contributed by atoms with Gasteiger partial charge in [0.1, 0.15) is 0 Å². The fourth-order valence-electron chi connectivity index (χ4n) is 12.4. The lowest BCUT2D eigenvalue weighted by Crippen LogP contribution is -2.47. The number of rotatable bonds is 4. The lowest BCUT2D eigenvalue weighted by atomic mass is 9.77. The Morgan fingerprint density at radius 1 is 0.561 bits per heavy atom. The Morgan fingerprint density at radius 3 is 1.46 bits per heavy atom. The molecule has 4 fully saturated rings. The van der Waals surface area contributed by atoms with Crippen LogP contribution in [0, 0.1) is 35.5 Å². The van der Waals surface area contributed by atoms with E-state index in [4.69, 9.17) is 0 Å². The van der Waals surface area contributed by atoms with Gasteiger partial charge in [-0.1, -0.05) is 89.0 Å². The molecule has 0 bridgehead atoms. The van der Waals surface area contributed by atoms with Gasteiger partial charge in [-0.2, -0.15) is 0 Å². The van der Waals surface area contributed by atoms with Crippen molar-refractivity contribution in [1.29, 1.82) is 0 Å². The number of aromatic nitrogens is 2. The van der Waals surface area contributed by atoms with Gasteiger partial charge in [0, 0.05) is 35.5 Å². The molecule has 0 amide bonds. The summed E-state index contributed by atoms with van der Waals surface area (Å²) >= 11 is 0. The van der Waals surface area contributed by atoms with Crippen molar-refractivity contribution >= 4 is 29.9 Å². The molecule has 0 N–H and O–H groups in total. The second-order valence-corrected chi connectivity index (χ2v) is 20.5. The SMILES string of the molecule is CC1CC2C(CCCC2n2ccc3ccccc32)C1[Si](C)(C)C1C(C)CC2C1CCCC2n1ccc2ccccc21. The van der Waals surface area contributed by atoms with Crippen molar-refractivity contribution in [3.05, 3.63) is 73.1 Å². The summed E-state index contributed by atoms with van der Waals surface area (Å²) in [5, 5.41) is 2.83. The second kappa shape index (κ2) is 9.90. The predicted molar refractivity (Wildman–Crippen MR) is 176 cm³/mol. The van der Waals surface area contributed by atoms with Gasteiger partial charge in [-0.15, -0.1) is 0 Å². The number of para-hydroxylation sites is 2. The van der Waals surface area contributed by atoms with Crippen LogP contribution >= 0.6 is 0 Å². The summed E-state index contributed by atoms with van der Waals surface area (Å²) in [7, 11) is -1.53. The molecular weight excluding hydrogens is 513 g/mol. The van der Waals surface area contributed by atoms with E-state index in [2.05, 4.69) is 109 Å². The molecule has 4 aliphatic rings. The molecule has 2 heterocycles. The molecular formula is C38H50N2Si. The third-order valence-electron chi connectivity index (χ3n) is 13.3. The zero-order valence-electron chi connectivity index (χ0n) is 25.8. The van der Waals surface area contributed by atoms with Gasteiger partial charge in [-0.3, -0.25) is 0 Å². The number of nitrogens with zero attached hydrogens (tertiary/aromatic N) is 2. The van der Waals surface area contributed by atoms with Crippen molar-refractivity contribution < 1.29 is 0 Å². The zero-order chi connectivity index (χ0) is 27.9. The number of hydrogen-bond acceptors (Lipinski definition) is 0. The van der Waals surface area contributed by atoms with E-state index in [-0.39, 0.29) is 0 Å². The Labute approximate surface area is 248 Å². The number of hydrogen-bond donors (Lipinski definition) is 0. The van der Waals surface area contributed by atoms with Crippen LogP contribution in [0.4, 0.5) is 0 Å². The fourth-order valence-corrected chi connectivity index (χ4v) is 19.1. The summed E-state index contributed by atoms with van der Waals surface area (Å²) in [6, 6.07) is 24.3. The van der Waals surface area contributed by atoms with Crippen molar-refractivity contribution in [3.8, 4) is 0 Å². The Balaban J connectivity index is 1.10. The molecule has 216 valence electrons. The summed E-state index contributed by atoms with van der Waals surface area (Å²) in [5.41, 5.74) is 4.89. The van der Waals surface area contributed by atoms with Crippen LogP contribution in [-0.4, -0.2) is 17.2 Å². The zero-order valence-corrected chi connectivity index (χ0v) is 26.8. The molecule has 8 rings (SSSR count). The van der Waals surface area contributed by atoms with E-state index in [0.717, 1.165) is 46.6 Å². The minimum Gasteiger partial charge on any atom is -0.344 e. The van der Waals surface area contributed by atoms with Gasteiger partial charge in [0.15, 0.2) is 0 Å². The van der Waals surface area contributed by atoms with Crippen LogP contribution < -0.4 is 0 Å². The summed E-state index contributed by atoms with van der Waals surface area (Å²) in [4.78, 5) is 0. The maximum atomic E-state index is 2.88. The molecule has 0 spiro atoms. The first-order valence-corrected chi connectivity index (χ1v) is 20.2. The summed E-state index contributed by atoms with van der Waals surface area (Å²) < 4.78 is 5.41. The molecule has 10 unspecified atom stereocenters. The highest BCUT2D eigenvalue weighted by molar-refractivity contribution is 6.80. The van der Waals surface area contributed by atoms with Crippen LogP contribution in [0.15, 0.2) is 73.1 Å². The number of benzene rings is 2. The van der Waals surface area contributed by atoms with Crippen molar-refractivity contribution in [2.24, 2.45) is 35.5 Å². The molecule has 0 radical (unpaired) electrons. The van der Waals surface area contributed by atoms with Gasteiger partial charge in [-0.25, -0.2) is 0 Å². The Bertz CT molecular complexity index is 1430. The maximum Gasteiger partial charge on any atom is 0.0546 e. The van der Waals surface area contributed by atoms with Crippen molar-refractivity contribution in [2.75, 3.05) is 0 Å². The van der Waals surface area contributed by atoms with Crippen molar-refractivity contribution in [3.63, 3.8) is 0 Å². The van der Waals surface area contributed by atoms with Crippen molar-refractivity contribution in [1.82, 2.24) is 9.13 Å². The van der Waals surface area contributed by atoms with Crippen LogP contribution in [-0.2, 0) is 0 Å². The molecule has 2 nitrogen and oxygen atoms in total. The van der Waals surface area contributed by atoms with Crippen LogP contribution in [0.25, 0.3) is 21.8 Å². The Morgan fingerprint density at radius 2 is 1.00 bits per heavy atom. The molecule has 2 aromatic heterocycles. The van der Waals surface area contributed by atoms with Gasteiger partial charge >= 0.3 is 0 Å². The average molecular weight is 563 g/mol. The highest BCUT2D eigenvalue weighted by Crippen LogP contribution is 2.66. The van der Waals surface area contributed by atoms with Crippen LogP contribution in [0.1, 0.15) is 77.3 Å². The average Bonchev–Trinajstić information content (AvgIpc) is 3.74. The fraction of sp³-hybridized carbons (Fsp3) is 0.579. The Hall–Kier alpha value is -2.26. The molecule has 4 saturated carbocycles. The van der Waals surface area contributed by atoms with Gasteiger partial charge in [-0.05, 0) is 107 Å². The van der Waals surface area contributed by atoms with Gasteiger partial charge in [0.25, 0.3) is 0 Å². The quantitative estimate of drug-likeness (QED) is 0.219. The van der Waals surface area contributed by atoms with Crippen LogP contribution in [0.2, 0.25) is 24.2 Å². The molecule has 41 heavy (non-hydrogen) atoms. The van der Waals surface area contributed by atoms with E-state index < -0.39 is 8.07 Å². The molecule has 0 saturated heterocycles. The van der Waals surface area contributed by atoms with E-state index in [1.54, 1.807) is 0 Å². The summed E-state index contributed by atoms with van der Waals surface area (Å²) in [6.07, 6.45) is 16.3. The summed E-state index contributed by atoms with van der Waals surface area (Å²) in [6.45, 7) is 11.1. The third-order valence-corrected chi connectivity index (χ3v) is 18.7. The van der Waals surface area contributed by atoms with Gasteiger partial charge in [0.05, 0.1) is 8.07 Å². The van der Waals surface area contributed by atoms with E-state index >= 15 is 0 Å². The first kappa shape index (κ1) is 26.4. The summed E-state index contributed by atoms with van der Waals surface area (Å²) in [5.74, 6) is 5.37. The lowest BCUT2D eigenvalue weighted by Gasteiger charge is -2.49. The highest BCUT2D eigenvalue weighted by atomic mass is 28.3. The molecule has 4 aliphatic carbocycles. The predicted octanol–water partition coefficient (Wildman–Crippen LogP) is 10.7.